The van der Waals surface area contributed by atoms with Gasteiger partial charge in [-0.1, -0.05) is 12.1 Å². The average Bonchev–Trinajstić information content (AvgIpc) is 2.36. The van der Waals surface area contributed by atoms with Crippen molar-refractivity contribution in [2.75, 3.05) is 7.11 Å². The highest BCUT2D eigenvalue weighted by molar-refractivity contribution is 5.95. The maximum Gasteiger partial charge on any atom is 0.328 e. The van der Waals surface area contributed by atoms with Gasteiger partial charge in [-0.2, -0.15) is 0 Å². The average molecular weight is 263 g/mol. The second-order valence-electron chi connectivity index (χ2n) is 4.53. The molecule has 0 unspecified atom stereocenters. The third-order valence-corrected chi connectivity index (χ3v) is 2.49. The number of carboxylic acids is 1. The summed E-state index contributed by atoms with van der Waals surface area (Å²) in [7, 11) is 1.56. The van der Waals surface area contributed by atoms with E-state index in [4.69, 9.17) is 9.84 Å². The van der Waals surface area contributed by atoms with Crippen molar-refractivity contribution in [1.82, 2.24) is 5.32 Å². The number of hydrogen-bond acceptors (Lipinski definition) is 3. The van der Waals surface area contributed by atoms with Crippen LogP contribution in [0, 0.1) is 0 Å². The van der Waals surface area contributed by atoms with Gasteiger partial charge in [0.1, 0.15) is 11.3 Å². The Bertz CT molecular complexity index is 506. The van der Waals surface area contributed by atoms with Crippen LogP contribution in [0.1, 0.15) is 19.4 Å². The van der Waals surface area contributed by atoms with E-state index in [-0.39, 0.29) is 0 Å². The van der Waals surface area contributed by atoms with E-state index in [0.29, 0.717) is 5.75 Å². The van der Waals surface area contributed by atoms with E-state index < -0.39 is 17.4 Å². The van der Waals surface area contributed by atoms with Gasteiger partial charge in [0.25, 0.3) is 0 Å². The zero-order valence-corrected chi connectivity index (χ0v) is 11.1. The van der Waals surface area contributed by atoms with Crippen LogP contribution in [-0.2, 0) is 9.59 Å². The number of carboxylic acid groups (broad SMARTS) is 1. The smallest absolute Gasteiger partial charge is 0.328 e. The van der Waals surface area contributed by atoms with Crippen molar-refractivity contribution in [2.45, 2.75) is 19.4 Å². The van der Waals surface area contributed by atoms with Crippen molar-refractivity contribution >= 4 is 18.0 Å². The lowest BCUT2D eigenvalue weighted by molar-refractivity contribution is -0.145. The summed E-state index contributed by atoms with van der Waals surface area (Å²) in [5.74, 6) is -0.862. The van der Waals surface area contributed by atoms with Gasteiger partial charge in [0, 0.05) is 6.08 Å². The van der Waals surface area contributed by atoms with Crippen LogP contribution in [0.15, 0.2) is 30.3 Å². The van der Waals surface area contributed by atoms with E-state index in [2.05, 4.69) is 5.32 Å². The van der Waals surface area contributed by atoms with E-state index in [1.54, 1.807) is 31.4 Å². The number of hydrogen-bond donors (Lipinski definition) is 2. The molecule has 0 heterocycles. The van der Waals surface area contributed by atoms with E-state index in [1.165, 1.54) is 19.9 Å². The lowest BCUT2D eigenvalue weighted by Crippen LogP contribution is -2.49. The van der Waals surface area contributed by atoms with Gasteiger partial charge in [-0.15, -0.1) is 0 Å². The fraction of sp³-hybridized carbons (Fsp3) is 0.286. The lowest BCUT2D eigenvalue weighted by atomic mass is 10.1. The summed E-state index contributed by atoms with van der Waals surface area (Å²) in [5, 5.41) is 11.3. The van der Waals surface area contributed by atoms with E-state index in [9.17, 15) is 9.59 Å². The highest BCUT2D eigenvalue weighted by atomic mass is 16.5. The number of aliphatic carboxylic acids is 1. The standard InChI is InChI=1S/C14H17NO4/c1-14(2,13(17)18)15-12(16)8-7-10-5-4-6-11(9-10)19-3/h4-9H,1-3H3,(H,15,16)(H,17,18)/b8-7+. The number of carbonyl (C=O) groups is 2. The number of ether oxygens (including phenoxy) is 1. The van der Waals surface area contributed by atoms with Gasteiger partial charge in [-0.05, 0) is 37.6 Å². The number of methoxy groups -OCH3 is 1. The molecular weight excluding hydrogens is 246 g/mol. The van der Waals surface area contributed by atoms with Crippen LogP contribution in [-0.4, -0.2) is 29.6 Å². The molecule has 0 aliphatic heterocycles. The van der Waals surface area contributed by atoms with Crippen molar-refractivity contribution in [1.29, 1.82) is 0 Å². The Morgan fingerprint density at radius 1 is 1.37 bits per heavy atom. The number of carbonyl (C=O) groups excluding carboxylic acids is 1. The second-order valence-corrected chi connectivity index (χ2v) is 4.53. The van der Waals surface area contributed by atoms with Crippen LogP contribution in [0.25, 0.3) is 6.08 Å². The monoisotopic (exact) mass is 263 g/mol. The normalized spacial score (nSPS) is 11.3. The van der Waals surface area contributed by atoms with Crippen molar-refractivity contribution in [3.8, 4) is 5.75 Å². The minimum absolute atomic E-state index is 0.463. The topological polar surface area (TPSA) is 75.6 Å². The van der Waals surface area contributed by atoms with E-state index in [0.717, 1.165) is 5.56 Å². The van der Waals surface area contributed by atoms with E-state index >= 15 is 0 Å². The van der Waals surface area contributed by atoms with Crippen LogP contribution >= 0.6 is 0 Å². The van der Waals surface area contributed by atoms with Crippen molar-refractivity contribution in [3.05, 3.63) is 35.9 Å². The molecule has 0 saturated carbocycles. The third kappa shape index (κ3) is 4.46. The van der Waals surface area contributed by atoms with Crippen LogP contribution in [0.4, 0.5) is 0 Å². The Morgan fingerprint density at radius 2 is 2.05 bits per heavy atom. The van der Waals surface area contributed by atoms with Gasteiger partial charge < -0.3 is 15.2 Å². The fourth-order valence-corrected chi connectivity index (χ4v) is 1.32. The molecule has 2 N–H and O–H groups in total. The fourth-order valence-electron chi connectivity index (χ4n) is 1.32. The van der Waals surface area contributed by atoms with Crippen LogP contribution in [0.3, 0.4) is 0 Å². The third-order valence-electron chi connectivity index (χ3n) is 2.49. The molecule has 1 aromatic carbocycles. The zero-order valence-electron chi connectivity index (χ0n) is 11.1. The minimum Gasteiger partial charge on any atom is -0.497 e. The summed E-state index contributed by atoms with van der Waals surface area (Å²) in [6.45, 7) is 2.85. The van der Waals surface area contributed by atoms with Gasteiger partial charge in [-0.25, -0.2) is 4.79 Å². The number of rotatable bonds is 5. The van der Waals surface area contributed by atoms with Crippen molar-refractivity contribution in [2.24, 2.45) is 0 Å². The molecule has 0 spiro atoms. The Morgan fingerprint density at radius 3 is 2.63 bits per heavy atom. The molecule has 1 aromatic rings. The molecule has 0 aliphatic rings. The molecule has 0 aromatic heterocycles. The van der Waals surface area contributed by atoms with Crippen LogP contribution in [0.5, 0.6) is 5.75 Å². The molecule has 5 nitrogen and oxygen atoms in total. The molecule has 0 radical (unpaired) electrons. The molecule has 0 aliphatic carbocycles. The number of amides is 1. The molecular formula is C14H17NO4. The highest BCUT2D eigenvalue weighted by Crippen LogP contribution is 2.13. The first kappa shape index (κ1) is 14.8. The van der Waals surface area contributed by atoms with Crippen LogP contribution < -0.4 is 10.1 Å². The second kappa shape index (κ2) is 6.04. The molecule has 102 valence electrons. The maximum absolute atomic E-state index is 11.6. The first-order chi connectivity index (χ1) is 8.85. The molecule has 0 atom stereocenters. The molecule has 0 bridgehead atoms. The molecule has 19 heavy (non-hydrogen) atoms. The largest absolute Gasteiger partial charge is 0.497 e. The molecule has 0 saturated heterocycles. The predicted molar refractivity (Wildman–Crippen MR) is 71.9 cm³/mol. The Labute approximate surface area is 111 Å². The molecule has 1 amide bonds. The maximum atomic E-state index is 11.6. The molecule has 0 fully saturated rings. The lowest BCUT2D eigenvalue weighted by Gasteiger charge is -2.19. The van der Waals surface area contributed by atoms with Crippen molar-refractivity contribution in [3.63, 3.8) is 0 Å². The Hall–Kier alpha value is -2.30. The number of nitrogens with one attached hydrogen (secondary N) is 1. The highest BCUT2D eigenvalue weighted by Gasteiger charge is 2.27. The van der Waals surface area contributed by atoms with Gasteiger partial charge >= 0.3 is 5.97 Å². The van der Waals surface area contributed by atoms with Gasteiger partial charge in [-0.3, -0.25) is 4.79 Å². The number of benzene rings is 1. The molecule has 1 rings (SSSR count). The quantitative estimate of drug-likeness (QED) is 0.793. The summed E-state index contributed by atoms with van der Waals surface area (Å²) in [6.07, 6.45) is 2.88. The summed E-state index contributed by atoms with van der Waals surface area (Å²) in [5.41, 5.74) is -0.502. The predicted octanol–water partition coefficient (Wildman–Crippen LogP) is 1.69. The first-order valence-electron chi connectivity index (χ1n) is 5.73. The summed E-state index contributed by atoms with van der Waals surface area (Å²) in [6, 6.07) is 7.18. The summed E-state index contributed by atoms with van der Waals surface area (Å²) in [4.78, 5) is 22.5. The van der Waals surface area contributed by atoms with Gasteiger partial charge in [0.2, 0.25) is 5.91 Å². The first-order valence-corrected chi connectivity index (χ1v) is 5.73. The summed E-state index contributed by atoms with van der Waals surface area (Å²) < 4.78 is 5.06. The SMILES string of the molecule is COc1cccc(/C=C/C(=O)NC(C)(C)C(=O)O)c1. The molecule has 5 heteroatoms. The Balaban J connectivity index is 2.71. The van der Waals surface area contributed by atoms with E-state index in [1.807, 2.05) is 6.07 Å². The zero-order chi connectivity index (χ0) is 14.5. The minimum atomic E-state index is -1.30. The van der Waals surface area contributed by atoms with Crippen molar-refractivity contribution < 1.29 is 19.4 Å². The van der Waals surface area contributed by atoms with Gasteiger partial charge in [0.05, 0.1) is 7.11 Å². The van der Waals surface area contributed by atoms with Gasteiger partial charge in [0.15, 0.2) is 0 Å². The summed E-state index contributed by atoms with van der Waals surface area (Å²) >= 11 is 0. The Kier molecular flexibility index (Phi) is 4.69. The van der Waals surface area contributed by atoms with Crippen LogP contribution in [0.2, 0.25) is 0 Å².